The van der Waals surface area contributed by atoms with Gasteiger partial charge in [-0.05, 0) is 36.9 Å². The summed E-state index contributed by atoms with van der Waals surface area (Å²) in [6, 6.07) is 7.78. The van der Waals surface area contributed by atoms with Crippen molar-refractivity contribution in [3.05, 3.63) is 35.4 Å². The first-order valence-corrected chi connectivity index (χ1v) is 11.8. The van der Waals surface area contributed by atoms with E-state index in [1.165, 1.54) is 5.56 Å². The molecule has 2 unspecified atom stereocenters. The first kappa shape index (κ1) is 22.7. The Morgan fingerprint density at radius 2 is 1.91 bits per heavy atom. The van der Waals surface area contributed by atoms with E-state index in [-0.39, 0.29) is 24.3 Å². The molecule has 3 aliphatic rings. The summed E-state index contributed by atoms with van der Waals surface area (Å²) in [7, 11) is 2.15. The SMILES string of the molecule is CC1CCCCC12NC(=O)N(CC(=O)NCc1cccc(CN3CCN(C)CC3)c1)C2=O. The third kappa shape index (κ3) is 4.81. The lowest BCUT2D eigenvalue weighted by Crippen LogP contribution is -2.54. The van der Waals surface area contributed by atoms with Gasteiger partial charge >= 0.3 is 6.03 Å². The van der Waals surface area contributed by atoms with Crippen LogP contribution in [0.4, 0.5) is 4.79 Å². The molecule has 4 rings (SSSR count). The molecule has 2 atom stereocenters. The number of nitrogens with one attached hydrogen (secondary N) is 2. The van der Waals surface area contributed by atoms with Crippen molar-refractivity contribution >= 4 is 17.8 Å². The smallest absolute Gasteiger partial charge is 0.325 e. The number of urea groups is 1. The number of piperazine rings is 1. The Kier molecular flexibility index (Phi) is 6.81. The number of imide groups is 1. The monoisotopic (exact) mass is 441 g/mol. The molecule has 32 heavy (non-hydrogen) atoms. The molecule has 2 aliphatic heterocycles. The second-order valence-electron chi connectivity index (χ2n) is 9.62. The number of amides is 4. The van der Waals surface area contributed by atoms with E-state index in [1.54, 1.807) is 0 Å². The van der Waals surface area contributed by atoms with Gasteiger partial charge in [-0.2, -0.15) is 0 Å². The van der Waals surface area contributed by atoms with Gasteiger partial charge in [0.15, 0.2) is 0 Å². The van der Waals surface area contributed by atoms with Gasteiger partial charge in [-0.1, -0.05) is 44.0 Å². The molecule has 8 heteroatoms. The summed E-state index contributed by atoms with van der Waals surface area (Å²) in [6.45, 7) is 7.33. The van der Waals surface area contributed by atoms with Gasteiger partial charge < -0.3 is 15.5 Å². The van der Waals surface area contributed by atoms with E-state index in [4.69, 9.17) is 0 Å². The molecule has 3 fully saturated rings. The van der Waals surface area contributed by atoms with Gasteiger partial charge in [0, 0.05) is 39.3 Å². The van der Waals surface area contributed by atoms with Gasteiger partial charge in [0.1, 0.15) is 12.1 Å². The molecule has 2 saturated heterocycles. The maximum Gasteiger partial charge on any atom is 0.325 e. The Labute approximate surface area is 190 Å². The zero-order valence-corrected chi connectivity index (χ0v) is 19.2. The molecule has 1 aromatic carbocycles. The van der Waals surface area contributed by atoms with Gasteiger partial charge in [-0.3, -0.25) is 19.4 Å². The first-order chi connectivity index (χ1) is 15.4. The fraction of sp³-hybridized carbons (Fsp3) is 0.625. The van der Waals surface area contributed by atoms with E-state index in [9.17, 15) is 14.4 Å². The van der Waals surface area contributed by atoms with Crippen molar-refractivity contribution in [1.82, 2.24) is 25.3 Å². The standard InChI is InChI=1S/C24H35N5O3/c1-18-6-3-4-9-24(18)22(31)29(23(32)26-24)17-21(30)25-15-19-7-5-8-20(14-19)16-28-12-10-27(2)11-13-28/h5,7-8,14,18H,3-4,6,9-13,15-17H2,1-2H3,(H,25,30)(H,26,32). The van der Waals surface area contributed by atoms with Crippen molar-refractivity contribution in [2.24, 2.45) is 5.92 Å². The van der Waals surface area contributed by atoms with Crippen molar-refractivity contribution in [2.75, 3.05) is 39.8 Å². The Hall–Kier alpha value is -2.45. The topological polar surface area (TPSA) is 85.0 Å². The Morgan fingerprint density at radius 3 is 2.66 bits per heavy atom. The summed E-state index contributed by atoms with van der Waals surface area (Å²) < 4.78 is 0. The van der Waals surface area contributed by atoms with E-state index in [0.717, 1.165) is 62.4 Å². The first-order valence-electron chi connectivity index (χ1n) is 11.8. The maximum atomic E-state index is 13.0. The minimum atomic E-state index is -0.826. The van der Waals surface area contributed by atoms with Crippen LogP contribution in [-0.2, 0) is 22.7 Å². The van der Waals surface area contributed by atoms with Crippen LogP contribution in [-0.4, -0.2) is 77.9 Å². The number of carbonyl (C=O) groups excluding carboxylic acids is 3. The number of nitrogens with zero attached hydrogens (tertiary/aromatic N) is 3. The second kappa shape index (κ2) is 9.58. The molecule has 8 nitrogen and oxygen atoms in total. The summed E-state index contributed by atoms with van der Waals surface area (Å²) in [6.07, 6.45) is 3.55. The number of hydrogen-bond acceptors (Lipinski definition) is 5. The van der Waals surface area contributed by atoms with Crippen LogP contribution in [0.25, 0.3) is 0 Å². The van der Waals surface area contributed by atoms with Crippen LogP contribution >= 0.6 is 0 Å². The molecule has 4 amide bonds. The highest BCUT2D eigenvalue weighted by molar-refractivity contribution is 6.09. The summed E-state index contributed by atoms with van der Waals surface area (Å²) in [5, 5.41) is 5.77. The largest absolute Gasteiger partial charge is 0.350 e. The summed E-state index contributed by atoms with van der Waals surface area (Å²) in [5.41, 5.74) is 1.41. The molecular weight excluding hydrogens is 406 g/mol. The average molecular weight is 442 g/mol. The van der Waals surface area contributed by atoms with E-state index >= 15 is 0 Å². The van der Waals surface area contributed by atoms with Gasteiger partial charge in [0.05, 0.1) is 0 Å². The molecule has 174 valence electrons. The zero-order valence-electron chi connectivity index (χ0n) is 19.2. The van der Waals surface area contributed by atoms with Crippen LogP contribution in [0.5, 0.6) is 0 Å². The third-order valence-corrected chi connectivity index (χ3v) is 7.29. The van der Waals surface area contributed by atoms with E-state index in [0.29, 0.717) is 13.0 Å². The van der Waals surface area contributed by atoms with Crippen molar-refractivity contribution < 1.29 is 14.4 Å². The van der Waals surface area contributed by atoms with Gasteiger partial charge in [0.2, 0.25) is 5.91 Å². The zero-order chi connectivity index (χ0) is 22.7. The molecule has 1 aliphatic carbocycles. The summed E-state index contributed by atoms with van der Waals surface area (Å²) in [5.74, 6) is -0.485. The lowest BCUT2D eigenvalue weighted by atomic mass is 9.73. The van der Waals surface area contributed by atoms with Crippen LogP contribution in [0.15, 0.2) is 24.3 Å². The molecule has 0 aromatic heterocycles. The lowest BCUT2D eigenvalue weighted by molar-refractivity contribution is -0.137. The number of likely N-dealkylation sites (N-methyl/N-ethyl adjacent to an activating group) is 1. The normalized spacial score (nSPS) is 27.1. The maximum absolute atomic E-state index is 13.0. The molecule has 2 N–H and O–H groups in total. The van der Waals surface area contributed by atoms with Gasteiger partial charge in [-0.15, -0.1) is 0 Å². The van der Waals surface area contributed by atoms with Crippen LogP contribution in [0.2, 0.25) is 0 Å². The van der Waals surface area contributed by atoms with Gasteiger partial charge in [0.25, 0.3) is 5.91 Å². The minimum absolute atomic E-state index is 0.0869. The fourth-order valence-electron chi connectivity index (χ4n) is 5.14. The van der Waals surface area contributed by atoms with E-state index in [1.807, 2.05) is 19.1 Å². The van der Waals surface area contributed by atoms with Crippen LogP contribution in [0.1, 0.15) is 43.7 Å². The lowest BCUT2D eigenvalue weighted by Gasteiger charge is -2.36. The number of rotatable bonds is 6. The van der Waals surface area contributed by atoms with Crippen molar-refractivity contribution in [2.45, 2.75) is 51.2 Å². The van der Waals surface area contributed by atoms with E-state index < -0.39 is 11.6 Å². The summed E-state index contributed by atoms with van der Waals surface area (Å²) >= 11 is 0. The molecule has 2 heterocycles. The highest BCUT2D eigenvalue weighted by Crippen LogP contribution is 2.38. The molecular formula is C24H35N5O3. The number of benzene rings is 1. The highest BCUT2D eigenvalue weighted by Gasteiger charge is 2.55. The predicted molar refractivity (Wildman–Crippen MR) is 122 cm³/mol. The van der Waals surface area contributed by atoms with Crippen LogP contribution in [0.3, 0.4) is 0 Å². The second-order valence-corrected chi connectivity index (χ2v) is 9.62. The quantitative estimate of drug-likeness (QED) is 0.655. The fourth-order valence-corrected chi connectivity index (χ4v) is 5.14. The average Bonchev–Trinajstić information content (AvgIpc) is 3.01. The Balaban J connectivity index is 1.29. The molecule has 1 aromatic rings. The summed E-state index contributed by atoms with van der Waals surface area (Å²) in [4.78, 5) is 43.9. The van der Waals surface area contributed by atoms with E-state index in [2.05, 4.69) is 39.6 Å². The van der Waals surface area contributed by atoms with Crippen LogP contribution in [0, 0.1) is 5.92 Å². The molecule has 1 saturated carbocycles. The molecule has 0 radical (unpaired) electrons. The van der Waals surface area contributed by atoms with Crippen molar-refractivity contribution in [1.29, 1.82) is 0 Å². The minimum Gasteiger partial charge on any atom is -0.350 e. The van der Waals surface area contributed by atoms with Crippen molar-refractivity contribution in [3.8, 4) is 0 Å². The highest BCUT2D eigenvalue weighted by atomic mass is 16.2. The van der Waals surface area contributed by atoms with Gasteiger partial charge in [-0.25, -0.2) is 4.79 Å². The predicted octanol–water partition coefficient (Wildman–Crippen LogP) is 1.55. The Morgan fingerprint density at radius 1 is 1.16 bits per heavy atom. The molecule has 1 spiro atoms. The van der Waals surface area contributed by atoms with Crippen LogP contribution < -0.4 is 10.6 Å². The third-order valence-electron chi connectivity index (χ3n) is 7.29. The number of hydrogen-bond donors (Lipinski definition) is 2. The van der Waals surface area contributed by atoms with Crippen molar-refractivity contribution in [3.63, 3.8) is 0 Å². The number of carbonyl (C=O) groups is 3. The Bertz CT molecular complexity index is 867. The molecule has 0 bridgehead atoms.